The minimum Gasteiger partial charge on any atom is -0.342 e. The molecule has 7 heteroatoms. The predicted octanol–water partition coefficient (Wildman–Crippen LogP) is 0.956. The summed E-state index contributed by atoms with van der Waals surface area (Å²) in [5.74, 6) is -1.01. The van der Waals surface area contributed by atoms with Gasteiger partial charge in [-0.05, 0) is 24.1 Å². The van der Waals surface area contributed by atoms with E-state index in [9.17, 15) is 14.4 Å². The molecule has 0 radical (unpaired) electrons. The highest BCUT2D eigenvalue weighted by atomic mass is 35.5. The van der Waals surface area contributed by atoms with Gasteiger partial charge in [0, 0.05) is 44.2 Å². The SMILES string of the molecule is CN1CCN(C(=O)C(=O)N2CCC(c3ccc(Cl)cc3)C2)CC1=O. The first-order valence-electron chi connectivity index (χ1n) is 8.03. The maximum absolute atomic E-state index is 12.5. The van der Waals surface area contributed by atoms with Crippen molar-refractivity contribution in [3.8, 4) is 0 Å². The van der Waals surface area contributed by atoms with Crippen LogP contribution in [0.1, 0.15) is 17.9 Å². The van der Waals surface area contributed by atoms with E-state index >= 15 is 0 Å². The highest BCUT2D eigenvalue weighted by molar-refractivity contribution is 6.35. The Morgan fingerprint density at radius 2 is 1.71 bits per heavy atom. The van der Waals surface area contributed by atoms with Crippen molar-refractivity contribution in [1.82, 2.24) is 14.7 Å². The van der Waals surface area contributed by atoms with E-state index in [1.807, 2.05) is 24.3 Å². The molecule has 0 aromatic heterocycles. The van der Waals surface area contributed by atoms with Crippen LogP contribution >= 0.6 is 11.6 Å². The Morgan fingerprint density at radius 1 is 1.04 bits per heavy atom. The molecule has 1 atom stereocenters. The van der Waals surface area contributed by atoms with Crippen molar-refractivity contribution in [2.24, 2.45) is 0 Å². The fourth-order valence-electron chi connectivity index (χ4n) is 3.15. The molecule has 2 heterocycles. The maximum atomic E-state index is 12.5. The molecule has 0 N–H and O–H groups in total. The number of halogens is 1. The third kappa shape index (κ3) is 3.38. The van der Waals surface area contributed by atoms with Crippen molar-refractivity contribution in [3.05, 3.63) is 34.9 Å². The molecule has 2 aliphatic heterocycles. The zero-order valence-corrected chi connectivity index (χ0v) is 14.3. The van der Waals surface area contributed by atoms with Gasteiger partial charge < -0.3 is 14.7 Å². The van der Waals surface area contributed by atoms with Crippen molar-refractivity contribution < 1.29 is 14.4 Å². The summed E-state index contributed by atoms with van der Waals surface area (Å²) in [6, 6.07) is 7.59. The summed E-state index contributed by atoms with van der Waals surface area (Å²) in [6.07, 6.45) is 0.822. The summed E-state index contributed by atoms with van der Waals surface area (Å²) in [5.41, 5.74) is 1.12. The van der Waals surface area contributed by atoms with Gasteiger partial charge >= 0.3 is 11.8 Å². The number of likely N-dealkylation sites (N-methyl/N-ethyl adjacent to an activating group) is 1. The fourth-order valence-corrected chi connectivity index (χ4v) is 3.28. The second-order valence-electron chi connectivity index (χ2n) is 6.33. The summed E-state index contributed by atoms with van der Waals surface area (Å²) in [7, 11) is 1.70. The number of carbonyl (C=O) groups is 3. The van der Waals surface area contributed by atoms with Crippen LogP contribution in [0.4, 0.5) is 0 Å². The summed E-state index contributed by atoms with van der Waals surface area (Å²) < 4.78 is 0. The number of carbonyl (C=O) groups excluding carboxylic acids is 3. The van der Waals surface area contributed by atoms with E-state index in [1.54, 1.807) is 16.8 Å². The molecule has 0 aliphatic carbocycles. The number of nitrogens with zero attached hydrogens (tertiary/aromatic N) is 3. The largest absolute Gasteiger partial charge is 0.342 e. The molecule has 2 aliphatic rings. The molecule has 3 amide bonds. The molecular formula is C17H20ClN3O3. The van der Waals surface area contributed by atoms with Gasteiger partial charge in [-0.25, -0.2) is 0 Å². The van der Waals surface area contributed by atoms with Crippen LogP contribution in [0.3, 0.4) is 0 Å². The van der Waals surface area contributed by atoms with Gasteiger partial charge in [-0.3, -0.25) is 14.4 Å². The van der Waals surface area contributed by atoms with E-state index in [2.05, 4.69) is 0 Å². The number of piperazine rings is 1. The molecule has 2 fully saturated rings. The van der Waals surface area contributed by atoms with Gasteiger partial charge in [0.05, 0.1) is 0 Å². The molecule has 1 unspecified atom stereocenters. The van der Waals surface area contributed by atoms with Gasteiger partial charge in [-0.2, -0.15) is 0 Å². The lowest BCUT2D eigenvalue weighted by Gasteiger charge is -2.32. The number of hydrogen-bond donors (Lipinski definition) is 0. The molecule has 128 valence electrons. The molecule has 1 aromatic carbocycles. The maximum Gasteiger partial charge on any atom is 0.312 e. The highest BCUT2D eigenvalue weighted by Gasteiger charge is 2.35. The third-order valence-corrected chi connectivity index (χ3v) is 5.00. The third-order valence-electron chi connectivity index (χ3n) is 4.74. The van der Waals surface area contributed by atoms with Gasteiger partial charge in [0.2, 0.25) is 5.91 Å². The molecule has 0 spiro atoms. The first-order valence-corrected chi connectivity index (χ1v) is 8.41. The molecule has 0 bridgehead atoms. The molecule has 24 heavy (non-hydrogen) atoms. The summed E-state index contributed by atoms with van der Waals surface area (Å²) in [5, 5.41) is 0.680. The van der Waals surface area contributed by atoms with Crippen LogP contribution in [0.5, 0.6) is 0 Å². The number of amides is 3. The minimum absolute atomic E-state index is 0.0183. The van der Waals surface area contributed by atoms with Crippen LogP contribution < -0.4 is 0 Å². The lowest BCUT2D eigenvalue weighted by Crippen LogP contribution is -2.54. The lowest BCUT2D eigenvalue weighted by molar-refractivity contribution is -0.155. The summed E-state index contributed by atoms with van der Waals surface area (Å²) in [4.78, 5) is 41.0. The van der Waals surface area contributed by atoms with Crippen molar-refractivity contribution >= 4 is 29.3 Å². The number of benzene rings is 1. The van der Waals surface area contributed by atoms with Crippen LogP contribution in [-0.4, -0.2) is 72.2 Å². The normalized spacial score (nSPS) is 21.3. The van der Waals surface area contributed by atoms with Crippen molar-refractivity contribution in [3.63, 3.8) is 0 Å². The smallest absolute Gasteiger partial charge is 0.312 e. The van der Waals surface area contributed by atoms with Gasteiger partial charge in [0.15, 0.2) is 0 Å². The topological polar surface area (TPSA) is 60.9 Å². The Labute approximate surface area is 146 Å². The Hall–Kier alpha value is -2.08. The van der Waals surface area contributed by atoms with Gasteiger partial charge in [0.1, 0.15) is 6.54 Å². The van der Waals surface area contributed by atoms with Crippen molar-refractivity contribution in [1.29, 1.82) is 0 Å². The number of rotatable bonds is 1. The van der Waals surface area contributed by atoms with Gasteiger partial charge in [-0.15, -0.1) is 0 Å². The summed E-state index contributed by atoms with van der Waals surface area (Å²) in [6.45, 7) is 1.93. The van der Waals surface area contributed by atoms with Gasteiger partial charge in [-0.1, -0.05) is 23.7 Å². The second-order valence-corrected chi connectivity index (χ2v) is 6.77. The van der Waals surface area contributed by atoms with E-state index in [0.29, 0.717) is 31.2 Å². The van der Waals surface area contributed by atoms with E-state index in [-0.39, 0.29) is 18.4 Å². The zero-order chi connectivity index (χ0) is 17.3. The average molecular weight is 350 g/mol. The number of likely N-dealkylation sites (tertiary alicyclic amines) is 1. The highest BCUT2D eigenvalue weighted by Crippen LogP contribution is 2.28. The Kier molecular flexibility index (Phi) is 4.76. The first-order chi connectivity index (χ1) is 11.5. The van der Waals surface area contributed by atoms with Crippen LogP contribution in [0, 0.1) is 0 Å². The zero-order valence-electron chi connectivity index (χ0n) is 13.6. The summed E-state index contributed by atoms with van der Waals surface area (Å²) >= 11 is 5.90. The van der Waals surface area contributed by atoms with Crippen molar-refractivity contribution in [2.75, 3.05) is 39.8 Å². The molecular weight excluding hydrogens is 330 g/mol. The van der Waals surface area contributed by atoms with Crippen LogP contribution in [0.25, 0.3) is 0 Å². The van der Waals surface area contributed by atoms with Crippen LogP contribution in [-0.2, 0) is 14.4 Å². The second kappa shape index (κ2) is 6.81. The standard InChI is InChI=1S/C17H20ClN3O3/c1-19-8-9-21(11-15(19)22)17(24)16(23)20-7-6-13(10-20)12-2-4-14(18)5-3-12/h2-5,13H,6-11H2,1H3. The van der Waals surface area contributed by atoms with Crippen LogP contribution in [0.15, 0.2) is 24.3 Å². The van der Waals surface area contributed by atoms with E-state index in [4.69, 9.17) is 11.6 Å². The first kappa shape index (κ1) is 16.8. The molecule has 2 saturated heterocycles. The van der Waals surface area contributed by atoms with E-state index in [0.717, 1.165) is 12.0 Å². The van der Waals surface area contributed by atoms with E-state index in [1.165, 1.54) is 4.90 Å². The minimum atomic E-state index is -0.576. The predicted molar refractivity (Wildman–Crippen MR) is 89.6 cm³/mol. The van der Waals surface area contributed by atoms with Crippen LogP contribution in [0.2, 0.25) is 5.02 Å². The molecule has 0 saturated carbocycles. The Bertz CT molecular complexity index is 662. The Morgan fingerprint density at radius 3 is 2.38 bits per heavy atom. The van der Waals surface area contributed by atoms with Crippen molar-refractivity contribution in [2.45, 2.75) is 12.3 Å². The van der Waals surface area contributed by atoms with E-state index < -0.39 is 11.8 Å². The Balaban J connectivity index is 1.61. The molecule has 1 aromatic rings. The molecule has 6 nitrogen and oxygen atoms in total. The quantitative estimate of drug-likeness (QED) is 0.709. The average Bonchev–Trinajstić information content (AvgIpc) is 3.06. The van der Waals surface area contributed by atoms with Gasteiger partial charge in [0.25, 0.3) is 0 Å². The lowest BCUT2D eigenvalue weighted by atomic mass is 9.99. The monoisotopic (exact) mass is 349 g/mol. The number of hydrogen-bond acceptors (Lipinski definition) is 3. The fraction of sp³-hybridized carbons (Fsp3) is 0.471. The molecule has 3 rings (SSSR count).